The van der Waals surface area contributed by atoms with Crippen molar-refractivity contribution in [1.82, 2.24) is 9.97 Å². The van der Waals surface area contributed by atoms with E-state index in [4.69, 9.17) is 4.74 Å². The molecule has 0 spiro atoms. The van der Waals surface area contributed by atoms with Crippen LogP contribution in [0, 0.1) is 0 Å². The van der Waals surface area contributed by atoms with E-state index in [2.05, 4.69) is 9.97 Å². The second-order valence-corrected chi connectivity index (χ2v) is 4.93. The van der Waals surface area contributed by atoms with Crippen molar-refractivity contribution in [3.63, 3.8) is 0 Å². The zero-order valence-electron chi connectivity index (χ0n) is 11.1. The molecule has 4 rings (SSSR count). The maximum Gasteiger partial charge on any atom is 0.258 e. The molecule has 3 aromatic rings. The smallest absolute Gasteiger partial charge is 0.258 e. The molecule has 21 heavy (non-hydrogen) atoms. The Morgan fingerprint density at radius 2 is 1.76 bits per heavy atom. The van der Waals surface area contributed by atoms with Gasteiger partial charge in [-0.2, -0.15) is 0 Å². The number of nitrogens with one attached hydrogen (secondary N) is 1. The van der Waals surface area contributed by atoms with E-state index in [0.29, 0.717) is 11.4 Å². The van der Waals surface area contributed by atoms with Gasteiger partial charge in [-0.25, -0.2) is 4.98 Å². The molecule has 1 aliphatic heterocycles. The van der Waals surface area contributed by atoms with E-state index < -0.39 is 0 Å². The Morgan fingerprint density at radius 1 is 1.00 bits per heavy atom. The molecule has 1 unspecified atom stereocenters. The lowest BCUT2D eigenvalue weighted by Gasteiger charge is -2.26. The summed E-state index contributed by atoms with van der Waals surface area (Å²) in [5.74, 6) is 0.965. The van der Waals surface area contributed by atoms with Gasteiger partial charge in [0.2, 0.25) is 5.88 Å². The summed E-state index contributed by atoms with van der Waals surface area (Å²) in [4.78, 5) is 19.1. The molecule has 1 N–H and O–H groups in total. The van der Waals surface area contributed by atoms with Crippen LogP contribution in [0.25, 0.3) is 0 Å². The van der Waals surface area contributed by atoms with E-state index in [9.17, 15) is 4.79 Å². The first kappa shape index (κ1) is 11.9. The Kier molecular flexibility index (Phi) is 2.60. The van der Waals surface area contributed by atoms with Crippen molar-refractivity contribution in [2.75, 3.05) is 0 Å². The quantitative estimate of drug-likeness (QED) is 0.581. The average molecular weight is 276 g/mol. The second kappa shape index (κ2) is 4.59. The predicted octanol–water partition coefficient (Wildman–Crippen LogP) is 3.06. The van der Waals surface area contributed by atoms with Gasteiger partial charge in [-0.1, -0.05) is 48.5 Å². The van der Waals surface area contributed by atoms with E-state index in [0.717, 1.165) is 16.9 Å². The first-order valence-corrected chi connectivity index (χ1v) is 6.74. The van der Waals surface area contributed by atoms with Crippen molar-refractivity contribution in [3.8, 4) is 11.6 Å². The van der Waals surface area contributed by atoms with E-state index in [-0.39, 0.29) is 11.5 Å². The molecule has 2 aromatic carbocycles. The molecule has 0 bridgehead atoms. The van der Waals surface area contributed by atoms with Crippen LogP contribution in [0.4, 0.5) is 0 Å². The summed E-state index contributed by atoms with van der Waals surface area (Å²) in [6, 6.07) is 17.7. The van der Waals surface area contributed by atoms with Crippen LogP contribution in [0.2, 0.25) is 0 Å². The molecular weight excluding hydrogens is 264 g/mol. The van der Waals surface area contributed by atoms with E-state index in [1.165, 1.54) is 6.33 Å². The van der Waals surface area contributed by atoms with Crippen molar-refractivity contribution in [2.24, 2.45) is 0 Å². The van der Waals surface area contributed by atoms with Gasteiger partial charge < -0.3 is 9.72 Å². The van der Waals surface area contributed by atoms with Crippen LogP contribution >= 0.6 is 0 Å². The lowest BCUT2D eigenvalue weighted by Crippen LogP contribution is -2.23. The largest absolute Gasteiger partial charge is 0.438 e. The number of hydrogen-bond acceptors (Lipinski definition) is 3. The number of para-hydroxylation sites is 1. The van der Waals surface area contributed by atoms with Gasteiger partial charge in [-0.05, 0) is 11.6 Å². The number of nitrogens with zero attached hydrogens (tertiary/aromatic N) is 1. The molecule has 102 valence electrons. The average Bonchev–Trinajstić information content (AvgIpc) is 2.54. The van der Waals surface area contributed by atoms with E-state index >= 15 is 0 Å². The highest BCUT2D eigenvalue weighted by atomic mass is 16.5. The summed E-state index contributed by atoms with van der Waals surface area (Å²) < 4.78 is 5.78. The van der Waals surface area contributed by atoms with Gasteiger partial charge in [0.15, 0.2) is 0 Å². The van der Waals surface area contributed by atoms with E-state index in [1.807, 2.05) is 54.6 Å². The van der Waals surface area contributed by atoms with Crippen molar-refractivity contribution >= 4 is 0 Å². The molecule has 1 aromatic heterocycles. The van der Waals surface area contributed by atoms with Gasteiger partial charge in [0.05, 0.1) is 11.9 Å². The zero-order chi connectivity index (χ0) is 14.2. The number of aromatic nitrogens is 2. The Balaban J connectivity index is 2.03. The Morgan fingerprint density at radius 3 is 2.62 bits per heavy atom. The van der Waals surface area contributed by atoms with Crippen molar-refractivity contribution in [2.45, 2.75) is 5.92 Å². The molecule has 0 amide bonds. The first-order valence-electron chi connectivity index (χ1n) is 6.74. The zero-order valence-corrected chi connectivity index (χ0v) is 11.1. The SMILES string of the molecule is O=c1[nH]cnc2c1C(c1ccccc1)c1ccccc1O2. The third-order valence-electron chi connectivity index (χ3n) is 3.71. The van der Waals surface area contributed by atoms with Crippen LogP contribution in [-0.2, 0) is 0 Å². The van der Waals surface area contributed by atoms with Crippen molar-refractivity contribution in [3.05, 3.63) is 88.0 Å². The molecule has 1 atom stereocenters. The predicted molar refractivity (Wildman–Crippen MR) is 78.8 cm³/mol. The number of aromatic amines is 1. The van der Waals surface area contributed by atoms with E-state index in [1.54, 1.807) is 0 Å². The Labute approximate surface area is 121 Å². The second-order valence-electron chi connectivity index (χ2n) is 4.93. The normalized spacial score (nSPS) is 15.7. The molecule has 4 nitrogen and oxygen atoms in total. The van der Waals surface area contributed by atoms with Gasteiger partial charge >= 0.3 is 0 Å². The Bertz CT molecular complexity index is 856. The van der Waals surface area contributed by atoms with Gasteiger partial charge in [0.1, 0.15) is 5.75 Å². The van der Waals surface area contributed by atoms with Crippen molar-refractivity contribution < 1.29 is 4.74 Å². The van der Waals surface area contributed by atoms with Gasteiger partial charge in [0.25, 0.3) is 5.56 Å². The molecule has 0 fully saturated rings. The van der Waals surface area contributed by atoms with Crippen molar-refractivity contribution in [1.29, 1.82) is 0 Å². The van der Waals surface area contributed by atoms with Crippen LogP contribution in [0.5, 0.6) is 11.6 Å². The van der Waals surface area contributed by atoms with Gasteiger partial charge in [-0.15, -0.1) is 0 Å². The summed E-state index contributed by atoms with van der Waals surface area (Å²) >= 11 is 0. The first-order chi connectivity index (χ1) is 10.3. The lowest BCUT2D eigenvalue weighted by molar-refractivity contribution is 0.430. The van der Waals surface area contributed by atoms with Gasteiger partial charge in [-0.3, -0.25) is 4.79 Å². The minimum Gasteiger partial charge on any atom is -0.438 e. The Hall–Kier alpha value is -2.88. The van der Waals surface area contributed by atoms with Gasteiger partial charge in [0, 0.05) is 11.5 Å². The summed E-state index contributed by atoms with van der Waals surface area (Å²) in [6.45, 7) is 0. The molecular formula is C17H12N2O2. The fourth-order valence-corrected chi connectivity index (χ4v) is 2.79. The fraction of sp³-hybridized carbons (Fsp3) is 0.0588. The number of rotatable bonds is 1. The summed E-state index contributed by atoms with van der Waals surface area (Å²) in [5.41, 5.74) is 2.42. The molecule has 0 radical (unpaired) electrons. The molecule has 0 saturated heterocycles. The van der Waals surface area contributed by atoms with Crippen LogP contribution < -0.4 is 10.3 Å². The number of benzene rings is 2. The van der Waals surface area contributed by atoms with Crippen LogP contribution in [0.3, 0.4) is 0 Å². The molecule has 1 aliphatic rings. The maximum atomic E-state index is 12.3. The molecule has 0 aliphatic carbocycles. The highest BCUT2D eigenvalue weighted by Gasteiger charge is 2.31. The number of hydrogen-bond donors (Lipinski definition) is 1. The highest BCUT2D eigenvalue weighted by molar-refractivity contribution is 5.55. The summed E-state index contributed by atoms with van der Waals surface area (Å²) in [7, 11) is 0. The monoisotopic (exact) mass is 276 g/mol. The molecule has 0 saturated carbocycles. The van der Waals surface area contributed by atoms with Crippen LogP contribution in [0.15, 0.2) is 65.7 Å². The summed E-state index contributed by atoms with van der Waals surface area (Å²) in [5, 5.41) is 0. The minimum absolute atomic E-state index is 0.163. The maximum absolute atomic E-state index is 12.3. The van der Waals surface area contributed by atoms with Crippen LogP contribution in [-0.4, -0.2) is 9.97 Å². The van der Waals surface area contributed by atoms with Crippen LogP contribution in [0.1, 0.15) is 22.6 Å². The minimum atomic E-state index is -0.164. The third kappa shape index (κ3) is 1.84. The summed E-state index contributed by atoms with van der Waals surface area (Å²) in [6.07, 6.45) is 1.37. The number of H-pyrrole nitrogens is 1. The third-order valence-corrected chi connectivity index (χ3v) is 3.71. The topological polar surface area (TPSA) is 55.0 Å². The molecule has 4 heteroatoms. The molecule has 2 heterocycles. The number of ether oxygens (including phenoxy) is 1. The highest BCUT2D eigenvalue weighted by Crippen LogP contribution is 2.44. The lowest BCUT2D eigenvalue weighted by atomic mass is 9.84. The fourth-order valence-electron chi connectivity index (χ4n) is 2.79. The standard InChI is InChI=1S/C17H12N2O2/c20-16-15-14(11-6-2-1-3-7-11)12-8-4-5-9-13(12)21-17(15)19-10-18-16/h1-10,14H,(H,18,19,20). The number of fused-ring (bicyclic) bond motifs is 2.